The smallest absolute Gasteiger partial charge is 0.416 e. The number of pyridine rings is 1. The van der Waals surface area contributed by atoms with Crippen LogP contribution < -0.4 is 9.64 Å². The van der Waals surface area contributed by atoms with E-state index >= 15 is 0 Å². The molecule has 194 valence electrons. The Morgan fingerprint density at radius 3 is 2.71 bits per heavy atom. The Labute approximate surface area is 217 Å². The summed E-state index contributed by atoms with van der Waals surface area (Å²) in [5.74, 6) is 1.29. The van der Waals surface area contributed by atoms with Gasteiger partial charge in [0.25, 0.3) is 5.91 Å². The molecule has 1 aliphatic rings. The SMILES string of the molecule is CCc1ncnc(-c2cccnc2Oc2cc(C(=O)N3CCCc4ccc(C(F)(F)F)cc43)ccc2C)n1. The molecule has 5 rings (SSSR count). The van der Waals surface area contributed by atoms with Crippen molar-refractivity contribution in [1.82, 2.24) is 19.9 Å². The summed E-state index contributed by atoms with van der Waals surface area (Å²) < 4.78 is 46.3. The minimum absolute atomic E-state index is 0.256. The molecule has 0 bridgehead atoms. The van der Waals surface area contributed by atoms with Crippen molar-refractivity contribution in [3.05, 3.63) is 89.1 Å². The van der Waals surface area contributed by atoms with Crippen molar-refractivity contribution in [2.45, 2.75) is 39.3 Å². The molecule has 0 saturated carbocycles. The number of rotatable bonds is 5. The Bertz CT molecular complexity index is 1510. The van der Waals surface area contributed by atoms with Crippen molar-refractivity contribution in [2.24, 2.45) is 0 Å². The number of halogens is 3. The van der Waals surface area contributed by atoms with Gasteiger partial charge in [-0.05, 0) is 67.3 Å². The second-order valence-electron chi connectivity index (χ2n) is 8.92. The van der Waals surface area contributed by atoms with Gasteiger partial charge in [-0.15, -0.1) is 0 Å². The summed E-state index contributed by atoms with van der Waals surface area (Å²) in [6.07, 6.45) is 0.417. The monoisotopic (exact) mass is 519 g/mol. The van der Waals surface area contributed by atoms with Crippen LogP contribution in [-0.4, -0.2) is 32.4 Å². The summed E-state index contributed by atoms with van der Waals surface area (Å²) in [6, 6.07) is 12.1. The summed E-state index contributed by atoms with van der Waals surface area (Å²) in [4.78, 5) is 32.1. The Morgan fingerprint density at radius 2 is 1.92 bits per heavy atom. The number of amides is 1. The number of ether oxygens (including phenoxy) is 1. The molecule has 0 unspecified atom stereocenters. The van der Waals surface area contributed by atoms with E-state index in [1.165, 1.54) is 17.3 Å². The quantitative estimate of drug-likeness (QED) is 0.312. The molecule has 2 aromatic heterocycles. The molecule has 7 nitrogen and oxygen atoms in total. The first-order valence-electron chi connectivity index (χ1n) is 12.2. The van der Waals surface area contributed by atoms with Crippen molar-refractivity contribution in [1.29, 1.82) is 0 Å². The molecule has 0 fully saturated rings. The Balaban J connectivity index is 1.47. The summed E-state index contributed by atoms with van der Waals surface area (Å²) >= 11 is 0. The summed E-state index contributed by atoms with van der Waals surface area (Å²) in [5.41, 5.74) is 1.82. The van der Waals surface area contributed by atoms with Gasteiger partial charge in [0.1, 0.15) is 17.9 Å². The summed E-state index contributed by atoms with van der Waals surface area (Å²) in [7, 11) is 0. The number of anilines is 1. The van der Waals surface area contributed by atoms with E-state index in [-0.39, 0.29) is 11.6 Å². The molecule has 0 atom stereocenters. The maximum atomic E-state index is 13.5. The van der Waals surface area contributed by atoms with E-state index in [1.807, 2.05) is 13.8 Å². The molecule has 1 amide bonds. The van der Waals surface area contributed by atoms with Crippen molar-refractivity contribution in [2.75, 3.05) is 11.4 Å². The number of hydrogen-bond acceptors (Lipinski definition) is 6. The van der Waals surface area contributed by atoms with Crippen molar-refractivity contribution in [3.8, 4) is 23.0 Å². The van der Waals surface area contributed by atoms with Gasteiger partial charge in [-0.1, -0.05) is 19.1 Å². The van der Waals surface area contributed by atoms with E-state index in [0.29, 0.717) is 59.9 Å². The molecule has 1 aliphatic heterocycles. The maximum absolute atomic E-state index is 13.5. The fraction of sp³-hybridized carbons (Fsp3) is 0.250. The Morgan fingerprint density at radius 1 is 1.08 bits per heavy atom. The lowest BCUT2D eigenvalue weighted by atomic mass is 9.98. The van der Waals surface area contributed by atoms with Gasteiger partial charge in [0.15, 0.2) is 5.82 Å². The average Bonchev–Trinajstić information content (AvgIpc) is 2.93. The number of aromatic nitrogens is 4. The third-order valence-corrected chi connectivity index (χ3v) is 6.37. The molecule has 10 heteroatoms. The molecule has 0 spiro atoms. The van der Waals surface area contributed by atoms with Crippen LogP contribution in [0, 0.1) is 6.92 Å². The highest BCUT2D eigenvalue weighted by Gasteiger charge is 2.33. The predicted molar refractivity (Wildman–Crippen MR) is 135 cm³/mol. The lowest BCUT2D eigenvalue weighted by Gasteiger charge is -2.30. The molecule has 0 N–H and O–H groups in total. The third-order valence-electron chi connectivity index (χ3n) is 6.37. The highest BCUT2D eigenvalue weighted by atomic mass is 19.4. The topological polar surface area (TPSA) is 81.1 Å². The Hall–Kier alpha value is -4.34. The Kier molecular flexibility index (Phi) is 6.79. The van der Waals surface area contributed by atoms with Crippen LogP contribution in [0.2, 0.25) is 0 Å². The number of hydrogen-bond donors (Lipinski definition) is 0. The zero-order valence-electron chi connectivity index (χ0n) is 20.8. The first-order valence-corrected chi connectivity index (χ1v) is 12.2. The lowest BCUT2D eigenvalue weighted by molar-refractivity contribution is -0.137. The molecule has 0 radical (unpaired) electrons. The van der Waals surface area contributed by atoms with E-state index in [0.717, 1.165) is 17.7 Å². The van der Waals surface area contributed by atoms with Crippen LogP contribution in [0.1, 0.15) is 46.2 Å². The van der Waals surface area contributed by atoms with E-state index in [9.17, 15) is 18.0 Å². The largest absolute Gasteiger partial charge is 0.438 e. The fourth-order valence-corrected chi connectivity index (χ4v) is 4.34. The average molecular weight is 520 g/mol. The number of aryl methyl sites for hydroxylation is 3. The molecule has 3 heterocycles. The number of carbonyl (C=O) groups excluding carboxylic acids is 1. The molecular formula is C28H24F3N5O2. The lowest BCUT2D eigenvalue weighted by Crippen LogP contribution is -2.35. The van der Waals surface area contributed by atoms with Gasteiger partial charge in [0, 0.05) is 30.4 Å². The predicted octanol–water partition coefficient (Wildman–Crippen LogP) is 6.21. The second-order valence-corrected chi connectivity index (χ2v) is 8.92. The van der Waals surface area contributed by atoms with Gasteiger partial charge in [0.2, 0.25) is 5.88 Å². The molecule has 0 saturated heterocycles. The first-order chi connectivity index (χ1) is 18.2. The summed E-state index contributed by atoms with van der Waals surface area (Å²) in [6.45, 7) is 4.09. The summed E-state index contributed by atoms with van der Waals surface area (Å²) in [5, 5.41) is 0. The zero-order valence-corrected chi connectivity index (χ0v) is 20.8. The van der Waals surface area contributed by atoms with Crippen LogP contribution >= 0.6 is 0 Å². The third kappa shape index (κ3) is 5.06. The minimum Gasteiger partial charge on any atom is -0.438 e. The van der Waals surface area contributed by atoms with E-state index in [2.05, 4.69) is 19.9 Å². The van der Waals surface area contributed by atoms with Crippen LogP contribution in [0.15, 0.2) is 61.1 Å². The normalized spacial score (nSPS) is 13.2. The van der Waals surface area contributed by atoms with Crippen LogP contribution in [0.5, 0.6) is 11.6 Å². The number of alkyl halides is 3. The van der Waals surface area contributed by atoms with Crippen molar-refractivity contribution < 1.29 is 22.7 Å². The minimum atomic E-state index is -4.50. The highest BCUT2D eigenvalue weighted by molar-refractivity contribution is 6.07. The number of carbonyl (C=O) groups is 1. The molecule has 38 heavy (non-hydrogen) atoms. The van der Waals surface area contributed by atoms with Crippen LogP contribution in [-0.2, 0) is 19.0 Å². The van der Waals surface area contributed by atoms with Gasteiger partial charge >= 0.3 is 6.18 Å². The molecule has 0 aliphatic carbocycles. The number of nitrogens with zero attached hydrogens (tertiary/aromatic N) is 5. The number of benzene rings is 2. The van der Waals surface area contributed by atoms with Crippen LogP contribution in [0.3, 0.4) is 0 Å². The van der Waals surface area contributed by atoms with Gasteiger partial charge in [0.05, 0.1) is 11.1 Å². The van der Waals surface area contributed by atoms with E-state index in [1.54, 1.807) is 36.5 Å². The van der Waals surface area contributed by atoms with Crippen molar-refractivity contribution in [3.63, 3.8) is 0 Å². The highest BCUT2D eigenvalue weighted by Crippen LogP contribution is 2.37. The fourth-order valence-electron chi connectivity index (χ4n) is 4.34. The van der Waals surface area contributed by atoms with Gasteiger partial charge < -0.3 is 9.64 Å². The first kappa shape index (κ1) is 25.3. The second kappa shape index (κ2) is 10.2. The van der Waals surface area contributed by atoms with Crippen LogP contribution in [0.25, 0.3) is 11.4 Å². The van der Waals surface area contributed by atoms with Gasteiger partial charge in [-0.2, -0.15) is 13.2 Å². The van der Waals surface area contributed by atoms with E-state index < -0.39 is 17.6 Å². The number of fused-ring (bicyclic) bond motifs is 1. The van der Waals surface area contributed by atoms with E-state index in [4.69, 9.17) is 4.74 Å². The standard InChI is InChI=1S/C28H24F3N5O2/c1-3-24-33-16-34-25(35-24)21-7-4-12-32-26(21)38-23-14-19(9-8-17(23)2)27(37)36-13-5-6-18-10-11-20(15-22(18)36)28(29,30)31/h4,7-12,14-16H,3,5-6,13H2,1-2H3. The molecule has 2 aromatic carbocycles. The van der Waals surface area contributed by atoms with Gasteiger partial charge in [-0.3, -0.25) is 4.79 Å². The maximum Gasteiger partial charge on any atom is 0.416 e. The van der Waals surface area contributed by atoms with Gasteiger partial charge in [-0.25, -0.2) is 19.9 Å². The van der Waals surface area contributed by atoms with Crippen LogP contribution in [0.4, 0.5) is 18.9 Å². The zero-order chi connectivity index (χ0) is 26.9. The molecular weight excluding hydrogens is 495 g/mol. The van der Waals surface area contributed by atoms with Crippen molar-refractivity contribution >= 4 is 11.6 Å². The molecule has 4 aromatic rings.